The predicted octanol–water partition coefficient (Wildman–Crippen LogP) is 1.47. The highest BCUT2D eigenvalue weighted by atomic mass is 16.3. The van der Waals surface area contributed by atoms with E-state index in [1.165, 1.54) is 4.90 Å². The molecule has 0 unspecified atom stereocenters. The maximum absolute atomic E-state index is 12.9. The Morgan fingerprint density at radius 2 is 2.00 bits per heavy atom. The minimum Gasteiger partial charge on any atom is -0.467 e. The molecule has 148 valence electrons. The van der Waals surface area contributed by atoms with Gasteiger partial charge in [-0.2, -0.15) is 0 Å². The van der Waals surface area contributed by atoms with Crippen molar-refractivity contribution in [2.45, 2.75) is 19.5 Å². The summed E-state index contributed by atoms with van der Waals surface area (Å²) in [6.07, 6.45) is 1.67. The summed E-state index contributed by atoms with van der Waals surface area (Å²) in [4.78, 5) is 33.2. The molecule has 1 amide bonds. The summed E-state index contributed by atoms with van der Waals surface area (Å²) in [6, 6.07) is 10.9. The van der Waals surface area contributed by atoms with E-state index in [4.69, 9.17) is 4.42 Å². The number of hydrogen-bond donors (Lipinski definition) is 1. The molecule has 0 spiro atoms. The summed E-state index contributed by atoms with van der Waals surface area (Å²) in [5.74, 6) is 0.807. The van der Waals surface area contributed by atoms with Crippen molar-refractivity contribution >= 4 is 22.8 Å². The van der Waals surface area contributed by atoms with Crippen molar-refractivity contribution in [1.29, 1.82) is 0 Å². The van der Waals surface area contributed by atoms with Crippen LogP contribution in [-0.2, 0) is 17.9 Å². The number of aromatic nitrogens is 2. The van der Waals surface area contributed by atoms with Gasteiger partial charge in [-0.1, -0.05) is 12.1 Å². The molecule has 1 N–H and O–H groups in total. The number of carbonyl (C=O) groups excluding carboxylic acids is 1. The van der Waals surface area contributed by atoms with Gasteiger partial charge in [-0.25, -0.2) is 4.98 Å². The van der Waals surface area contributed by atoms with Crippen LogP contribution in [0.1, 0.15) is 12.2 Å². The minimum absolute atomic E-state index is 0.126. The molecule has 8 heteroatoms. The van der Waals surface area contributed by atoms with E-state index in [1.54, 1.807) is 42.0 Å². The van der Waals surface area contributed by atoms with Crippen LogP contribution in [0.25, 0.3) is 11.0 Å². The molecule has 0 atom stereocenters. The Bertz CT molecular complexity index is 995. The zero-order valence-electron chi connectivity index (χ0n) is 16.0. The predicted molar refractivity (Wildman–Crippen MR) is 106 cm³/mol. The third kappa shape index (κ3) is 4.23. The maximum atomic E-state index is 12.9. The highest BCUT2D eigenvalue weighted by molar-refractivity contribution is 5.78. The molecule has 1 aromatic carbocycles. The van der Waals surface area contributed by atoms with Crippen LogP contribution in [0, 0.1) is 0 Å². The second-order valence-electron chi connectivity index (χ2n) is 6.64. The quantitative estimate of drug-likeness (QED) is 0.632. The number of fused-ring (bicyclic) bond motifs is 1. The van der Waals surface area contributed by atoms with E-state index in [0.717, 1.165) is 0 Å². The highest BCUT2D eigenvalue weighted by Gasteiger charge is 2.17. The van der Waals surface area contributed by atoms with Crippen molar-refractivity contribution in [2.75, 3.05) is 32.1 Å². The van der Waals surface area contributed by atoms with Crippen molar-refractivity contribution in [3.05, 3.63) is 58.8 Å². The van der Waals surface area contributed by atoms with Crippen LogP contribution in [-0.4, -0.2) is 52.7 Å². The van der Waals surface area contributed by atoms with E-state index >= 15 is 0 Å². The monoisotopic (exact) mass is 384 g/mol. The Balaban J connectivity index is 1.84. The molecule has 0 saturated carbocycles. The Morgan fingerprint density at radius 3 is 2.68 bits per heavy atom. The molecule has 0 bridgehead atoms. The first kappa shape index (κ1) is 19.6. The third-order valence-electron chi connectivity index (χ3n) is 4.46. The van der Waals surface area contributed by atoms with Gasteiger partial charge in [-0.3, -0.25) is 9.59 Å². The number of aliphatic hydroxyl groups excluding tert-OH is 1. The smallest absolute Gasteiger partial charge is 0.293 e. The highest BCUT2D eigenvalue weighted by Crippen LogP contribution is 2.14. The molecular formula is C20H24N4O4. The average molecular weight is 384 g/mol. The van der Waals surface area contributed by atoms with Crippen LogP contribution in [0.3, 0.4) is 0 Å². The fourth-order valence-corrected chi connectivity index (χ4v) is 3.06. The number of carbonyl (C=O) groups is 1. The number of hydrogen-bond acceptors (Lipinski definition) is 6. The van der Waals surface area contributed by atoms with Crippen LogP contribution < -0.4 is 10.5 Å². The summed E-state index contributed by atoms with van der Waals surface area (Å²) in [5.41, 5.74) is 1.14. The average Bonchev–Trinajstić information content (AvgIpc) is 3.19. The summed E-state index contributed by atoms with van der Waals surface area (Å²) in [7, 11) is 3.53. The molecule has 0 radical (unpaired) electrons. The summed E-state index contributed by atoms with van der Waals surface area (Å²) in [5, 5.41) is 9.29. The first-order valence-corrected chi connectivity index (χ1v) is 9.09. The molecule has 0 fully saturated rings. The van der Waals surface area contributed by atoms with Gasteiger partial charge < -0.3 is 23.9 Å². The summed E-state index contributed by atoms with van der Waals surface area (Å²) in [6.45, 7) is 0.562. The largest absolute Gasteiger partial charge is 0.467 e. The summed E-state index contributed by atoms with van der Waals surface area (Å²) >= 11 is 0. The van der Waals surface area contributed by atoms with E-state index in [9.17, 15) is 14.7 Å². The second-order valence-corrected chi connectivity index (χ2v) is 6.64. The van der Waals surface area contributed by atoms with Crippen molar-refractivity contribution in [2.24, 2.45) is 0 Å². The van der Waals surface area contributed by atoms with E-state index in [-0.39, 0.29) is 44.1 Å². The Hall–Kier alpha value is -3.13. The molecule has 8 nitrogen and oxygen atoms in total. The van der Waals surface area contributed by atoms with Crippen LogP contribution >= 0.6 is 0 Å². The number of benzene rings is 1. The molecule has 0 aliphatic rings. The van der Waals surface area contributed by atoms with Crippen LogP contribution in [0.4, 0.5) is 5.82 Å². The topological polar surface area (TPSA) is 91.8 Å². The molecule has 28 heavy (non-hydrogen) atoms. The van der Waals surface area contributed by atoms with E-state index in [1.807, 2.05) is 24.3 Å². The van der Waals surface area contributed by atoms with Crippen molar-refractivity contribution < 1.29 is 14.3 Å². The number of nitrogens with zero attached hydrogens (tertiary/aromatic N) is 4. The lowest BCUT2D eigenvalue weighted by Crippen LogP contribution is -2.35. The van der Waals surface area contributed by atoms with E-state index in [0.29, 0.717) is 22.6 Å². The molecule has 3 aromatic rings. The van der Waals surface area contributed by atoms with Gasteiger partial charge in [0.15, 0.2) is 5.82 Å². The molecular weight excluding hydrogens is 360 g/mol. The lowest BCUT2D eigenvalue weighted by Gasteiger charge is -2.21. The lowest BCUT2D eigenvalue weighted by molar-refractivity contribution is -0.132. The zero-order chi connectivity index (χ0) is 20.1. The molecule has 2 aromatic heterocycles. The molecule has 2 heterocycles. The van der Waals surface area contributed by atoms with Crippen molar-refractivity contribution in [3.63, 3.8) is 0 Å². The molecule has 3 rings (SSSR count). The van der Waals surface area contributed by atoms with Gasteiger partial charge in [-0.15, -0.1) is 0 Å². The van der Waals surface area contributed by atoms with Gasteiger partial charge in [-0.05, 0) is 24.3 Å². The van der Waals surface area contributed by atoms with Gasteiger partial charge >= 0.3 is 0 Å². The van der Waals surface area contributed by atoms with Crippen molar-refractivity contribution in [1.82, 2.24) is 14.5 Å². The Kier molecular flexibility index (Phi) is 6.10. The second kappa shape index (κ2) is 8.71. The first-order chi connectivity index (χ1) is 13.5. The molecule has 0 aliphatic carbocycles. The SMILES string of the molecule is CN(C)c1nc2ccccc2n(CCC(=O)N(CCO)Cc2ccco2)c1=O. The van der Waals surface area contributed by atoms with Crippen LogP contribution in [0.5, 0.6) is 0 Å². The number of aryl methyl sites for hydroxylation is 1. The third-order valence-corrected chi connectivity index (χ3v) is 4.46. The summed E-state index contributed by atoms with van der Waals surface area (Å²) < 4.78 is 6.88. The number of amides is 1. The maximum Gasteiger partial charge on any atom is 0.293 e. The standard InChI is InChI=1S/C20H24N4O4/c1-22(2)19-20(27)24(17-8-4-3-7-16(17)21-19)10-9-18(26)23(11-12-25)14-15-6-5-13-28-15/h3-8,13,25H,9-12,14H2,1-2H3. The van der Waals surface area contributed by atoms with E-state index in [2.05, 4.69) is 4.98 Å². The van der Waals surface area contributed by atoms with E-state index < -0.39 is 0 Å². The van der Waals surface area contributed by atoms with Crippen LogP contribution in [0.15, 0.2) is 51.9 Å². The first-order valence-electron chi connectivity index (χ1n) is 9.09. The zero-order valence-corrected chi connectivity index (χ0v) is 16.0. The minimum atomic E-state index is -0.240. The van der Waals surface area contributed by atoms with Gasteiger partial charge in [0.1, 0.15) is 5.76 Å². The van der Waals surface area contributed by atoms with Gasteiger partial charge in [0.25, 0.3) is 5.56 Å². The van der Waals surface area contributed by atoms with Gasteiger partial charge in [0.05, 0.1) is 30.4 Å². The molecule has 0 saturated heterocycles. The number of aliphatic hydroxyl groups is 1. The fraction of sp³-hybridized carbons (Fsp3) is 0.350. The number of anilines is 1. The van der Waals surface area contributed by atoms with Gasteiger partial charge in [0, 0.05) is 33.6 Å². The Labute approximate surface area is 162 Å². The number of para-hydroxylation sites is 2. The van der Waals surface area contributed by atoms with Crippen LogP contribution in [0.2, 0.25) is 0 Å². The normalized spacial score (nSPS) is 11.0. The number of rotatable bonds is 8. The van der Waals surface area contributed by atoms with Gasteiger partial charge in [0.2, 0.25) is 5.91 Å². The fourth-order valence-electron chi connectivity index (χ4n) is 3.06. The lowest BCUT2D eigenvalue weighted by atomic mass is 10.2. The molecule has 0 aliphatic heterocycles. The Morgan fingerprint density at radius 1 is 1.21 bits per heavy atom. The number of furan rings is 1. The van der Waals surface area contributed by atoms with Crippen molar-refractivity contribution in [3.8, 4) is 0 Å².